The number of imidazole rings is 1. The Morgan fingerprint density at radius 2 is 1.94 bits per heavy atom. The lowest BCUT2D eigenvalue weighted by molar-refractivity contribution is -0.0467. The standard InChI is InChI=1S/C17H17BrN6O7S/c18-9-3-1-8(2-4-9)16(27)23-14-11-15(21-6-20-14)24(7-22-11)17-13(26)12(25)10(31-17)5-30-32(19,28)29/h1-4,6-7,10,12-13,17,25-26H,5H2,(H2,19,28,29)(H,20,21,23,27)/t10-,12-,13-,17-/m1/s1. The van der Waals surface area contributed by atoms with Crippen molar-refractivity contribution in [3.05, 3.63) is 47.0 Å². The second-order valence-corrected chi connectivity index (χ2v) is 8.97. The number of nitrogens with two attached hydrogens (primary N) is 1. The van der Waals surface area contributed by atoms with E-state index in [0.717, 1.165) is 4.47 Å². The van der Waals surface area contributed by atoms with Gasteiger partial charge in [0.1, 0.15) is 24.6 Å². The van der Waals surface area contributed by atoms with Crippen LogP contribution in [0.25, 0.3) is 11.2 Å². The second-order valence-electron chi connectivity index (χ2n) is 6.83. The monoisotopic (exact) mass is 528 g/mol. The number of nitrogens with zero attached hydrogens (tertiary/aromatic N) is 4. The van der Waals surface area contributed by atoms with Gasteiger partial charge in [-0.2, -0.15) is 8.42 Å². The number of ether oxygens (including phenoxy) is 1. The van der Waals surface area contributed by atoms with Crippen LogP contribution in [0.5, 0.6) is 0 Å². The fourth-order valence-corrected chi connectivity index (χ4v) is 3.76. The molecular formula is C17H17BrN6O7S. The molecule has 1 aromatic carbocycles. The lowest BCUT2D eigenvalue weighted by atomic mass is 10.1. The van der Waals surface area contributed by atoms with Crippen LogP contribution in [0.15, 0.2) is 41.4 Å². The van der Waals surface area contributed by atoms with Crippen LogP contribution in [0.3, 0.4) is 0 Å². The Morgan fingerprint density at radius 3 is 2.62 bits per heavy atom. The number of benzene rings is 1. The Hall–Kier alpha value is -2.53. The van der Waals surface area contributed by atoms with Gasteiger partial charge in [-0.1, -0.05) is 15.9 Å². The van der Waals surface area contributed by atoms with Gasteiger partial charge in [0.05, 0.1) is 12.9 Å². The third kappa shape index (κ3) is 4.63. The zero-order valence-corrected chi connectivity index (χ0v) is 18.5. The van der Waals surface area contributed by atoms with E-state index in [-0.39, 0.29) is 17.0 Å². The van der Waals surface area contributed by atoms with Crippen LogP contribution in [0.1, 0.15) is 16.6 Å². The van der Waals surface area contributed by atoms with Gasteiger partial charge >= 0.3 is 10.3 Å². The highest BCUT2D eigenvalue weighted by atomic mass is 79.9. The number of halogens is 1. The summed E-state index contributed by atoms with van der Waals surface area (Å²) in [6.45, 7) is -0.594. The van der Waals surface area contributed by atoms with Crippen LogP contribution in [0.2, 0.25) is 0 Å². The first-order valence-corrected chi connectivity index (χ1v) is 11.3. The van der Waals surface area contributed by atoms with Gasteiger partial charge in [-0.3, -0.25) is 13.5 Å². The van der Waals surface area contributed by atoms with Crippen LogP contribution in [0.4, 0.5) is 5.82 Å². The number of aromatic nitrogens is 4. The van der Waals surface area contributed by atoms with Crippen molar-refractivity contribution < 1.29 is 32.3 Å². The summed E-state index contributed by atoms with van der Waals surface area (Å²) in [5, 5.41) is 28.0. The molecule has 5 N–H and O–H groups in total. The number of hydrogen-bond acceptors (Lipinski definition) is 10. The van der Waals surface area contributed by atoms with Crippen molar-refractivity contribution in [1.82, 2.24) is 19.5 Å². The third-order valence-electron chi connectivity index (χ3n) is 4.71. The molecule has 1 amide bonds. The Labute approximate surface area is 189 Å². The minimum absolute atomic E-state index is 0.129. The molecule has 1 aliphatic heterocycles. The van der Waals surface area contributed by atoms with Gasteiger partial charge in [0.25, 0.3) is 5.91 Å². The smallest absolute Gasteiger partial charge is 0.333 e. The molecule has 32 heavy (non-hydrogen) atoms. The minimum Gasteiger partial charge on any atom is -0.387 e. The molecule has 0 saturated carbocycles. The summed E-state index contributed by atoms with van der Waals surface area (Å²) >= 11 is 3.30. The van der Waals surface area contributed by atoms with Gasteiger partial charge in [0, 0.05) is 10.0 Å². The van der Waals surface area contributed by atoms with E-state index in [4.69, 9.17) is 9.88 Å². The van der Waals surface area contributed by atoms with Crippen LogP contribution in [-0.2, 0) is 19.2 Å². The summed E-state index contributed by atoms with van der Waals surface area (Å²) in [4.78, 5) is 24.9. The molecule has 0 bridgehead atoms. The number of carbonyl (C=O) groups is 1. The molecular weight excluding hydrogens is 512 g/mol. The van der Waals surface area contributed by atoms with Crippen molar-refractivity contribution in [2.45, 2.75) is 24.5 Å². The van der Waals surface area contributed by atoms with Gasteiger partial charge in [-0.25, -0.2) is 20.1 Å². The second kappa shape index (κ2) is 8.78. The molecule has 0 unspecified atom stereocenters. The summed E-state index contributed by atoms with van der Waals surface area (Å²) in [6.07, 6.45) is -2.76. The van der Waals surface area contributed by atoms with E-state index in [9.17, 15) is 23.4 Å². The molecule has 3 aromatic rings. The zero-order chi connectivity index (χ0) is 23.0. The van der Waals surface area contributed by atoms with Crippen molar-refractivity contribution in [1.29, 1.82) is 0 Å². The van der Waals surface area contributed by atoms with Crippen molar-refractivity contribution in [3.63, 3.8) is 0 Å². The molecule has 4 atom stereocenters. The Kier molecular flexibility index (Phi) is 6.22. The highest BCUT2D eigenvalue weighted by molar-refractivity contribution is 9.10. The third-order valence-corrected chi connectivity index (χ3v) is 5.70. The van der Waals surface area contributed by atoms with Gasteiger partial charge in [-0.05, 0) is 24.3 Å². The number of hydrogen-bond donors (Lipinski definition) is 4. The summed E-state index contributed by atoms with van der Waals surface area (Å²) < 4.78 is 34.1. The molecule has 4 rings (SSSR count). The number of anilines is 1. The van der Waals surface area contributed by atoms with Crippen molar-refractivity contribution in [2.24, 2.45) is 5.14 Å². The number of aliphatic hydroxyl groups excluding tert-OH is 2. The van der Waals surface area contributed by atoms with Crippen LogP contribution in [0, 0.1) is 0 Å². The van der Waals surface area contributed by atoms with Gasteiger partial charge in [0.15, 0.2) is 23.2 Å². The van der Waals surface area contributed by atoms with Crippen molar-refractivity contribution >= 4 is 49.1 Å². The van der Waals surface area contributed by atoms with Gasteiger partial charge in [-0.15, -0.1) is 0 Å². The van der Waals surface area contributed by atoms with Crippen LogP contribution >= 0.6 is 15.9 Å². The van der Waals surface area contributed by atoms with E-state index in [1.165, 1.54) is 17.2 Å². The molecule has 0 radical (unpaired) electrons. The summed E-state index contributed by atoms with van der Waals surface area (Å²) in [7, 11) is -4.26. The van der Waals surface area contributed by atoms with Crippen molar-refractivity contribution in [2.75, 3.05) is 11.9 Å². The number of fused-ring (bicyclic) bond motifs is 1. The maximum atomic E-state index is 12.5. The van der Waals surface area contributed by atoms with Gasteiger partial charge < -0.3 is 20.3 Å². The molecule has 170 valence electrons. The number of rotatable bonds is 6. The maximum Gasteiger partial charge on any atom is 0.333 e. The average Bonchev–Trinajstić information content (AvgIpc) is 3.29. The molecule has 0 aliphatic carbocycles. The maximum absolute atomic E-state index is 12.5. The number of aliphatic hydroxyl groups is 2. The molecule has 15 heteroatoms. The van der Waals surface area contributed by atoms with Crippen LogP contribution in [-0.4, -0.2) is 69.0 Å². The van der Waals surface area contributed by atoms with Gasteiger partial charge in [0.2, 0.25) is 0 Å². The number of nitrogens with one attached hydrogen (secondary N) is 1. The molecule has 2 aromatic heterocycles. The lowest BCUT2D eigenvalue weighted by Gasteiger charge is -2.16. The highest BCUT2D eigenvalue weighted by Crippen LogP contribution is 2.32. The first kappa shape index (κ1) is 22.7. The minimum atomic E-state index is -4.26. The zero-order valence-electron chi connectivity index (χ0n) is 16.1. The number of amides is 1. The summed E-state index contributed by atoms with van der Waals surface area (Å²) in [5.74, 6) is -0.288. The first-order chi connectivity index (χ1) is 15.1. The summed E-state index contributed by atoms with van der Waals surface area (Å²) in [5.41, 5.74) is 0.817. The molecule has 13 nitrogen and oxygen atoms in total. The van der Waals surface area contributed by atoms with E-state index < -0.39 is 47.4 Å². The Bertz CT molecular complexity index is 1250. The number of carbonyl (C=O) groups excluding carboxylic acids is 1. The predicted octanol–water partition coefficient (Wildman–Crippen LogP) is -0.320. The normalized spacial score (nSPS) is 23.5. The van der Waals surface area contributed by atoms with E-state index in [1.54, 1.807) is 24.3 Å². The van der Waals surface area contributed by atoms with E-state index in [1.807, 2.05) is 0 Å². The first-order valence-electron chi connectivity index (χ1n) is 9.07. The largest absolute Gasteiger partial charge is 0.387 e. The lowest BCUT2D eigenvalue weighted by Crippen LogP contribution is -2.35. The van der Waals surface area contributed by atoms with E-state index in [2.05, 4.69) is 40.4 Å². The van der Waals surface area contributed by atoms with E-state index >= 15 is 0 Å². The molecule has 1 aliphatic rings. The predicted molar refractivity (Wildman–Crippen MR) is 112 cm³/mol. The summed E-state index contributed by atoms with van der Waals surface area (Å²) in [6, 6.07) is 6.70. The fourth-order valence-electron chi connectivity index (χ4n) is 3.17. The Morgan fingerprint density at radius 1 is 1.22 bits per heavy atom. The molecule has 1 saturated heterocycles. The molecule has 0 spiro atoms. The van der Waals surface area contributed by atoms with Crippen LogP contribution < -0.4 is 10.5 Å². The quantitative estimate of drug-likeness (QED) is 0.329. The molecule has 3 heterocycles. The Balaban J connectivity index is 1.57. The average molecular weight is 529 g/mol. The topological polar surface area (TPSA) is 192 Å². The van der Waals surface area contributed by atoms with E-state index in [0.29, 0.717) is 5.56 Å². The van der Waals surface area contributed by atoms with Crippen molar-refractivity contribution in [3.8, 4) is 0 Å². The molecule has 1 fully saturated rings. The fraction of sp³-hybridized carbons (Fsp3) is 0.294. The SMILES string of the molecule is NS(=O)(=O)OC[C@H]1O[C@@H](n2cnc3c(NC(=O)c4ccc(Br)cc4)ncnc32)[C@H](O)[C@@H]1O. The highest BCUT2D eigenvalue weighted by Gasteiger charge is 2.45.